The highest BCUT2D eigenvalue weighted by atomic mass is 16.5. The van der Waals surface area contributed by atoms with Gasteiger partial charge in [0.05, 0.1) is 6.61 Å². The van der Waals surface area contributed by atoms with E-state index in [9.17, 15) is 0 Å². The molecule has 3 nitrogen and oxygen atoms in total. The quantitative estimate of drug-likeness (QED) is 0.850. The Morgan fingerprint density at radius 1 is 1.25 bits per heavy atom. The number of likely N-dealkylation sites (tertiary alicyclic amines) is 1. The van der Waals surface area contributed by atoms with Gasteiger partial charge in [0.1, 0.15) is 0 Å². The summed E-state index contributed by atoms with van der Waals surface area (Å²) < 4.78 is 7.72. The zero-order valence-electron chi connectivity index (χ0n) is 12.5. The van der Waals surface area contributed by atoms with E-state index in [1.165, 1.54) is 42.4 Å². The van der Waals surface area contributed by atoms with Crippen molar-refractivity contribution in [3.05, 3.63) is 36.0 Å². The molecular formula is C17H24N2O. The van der Waals surface area contributed by atoms with Crippen LogP contribution in [-0.4, -0.2) is 35.8 Å². The van der Waals surface area contributed by atoms with Crippen molar-refractivity contribution in [1.29, 1.82) is 0 Å². The second-order valence-electron chi connectivity index (χ2n) is 5.83. The monoisotopic (exact) mass is 272 g/mol. The summed E-state index contributed by atoms with van der Waals surface area (Å²) in [5, 5.41) is 1.34. The predicted octanol–water partition coefficient (Wildman–Crippen LogP) is 3.18. The van der Waals surface area contributed by atoms with Gasteiger partial charge in [-0.25, -0.2) is 0 Å². The van der Waals surface area contributed by atoms with Crippen molar-refractivity contribution in [3.8, 4) is 0 Å². The molecule has 1 aliphatic rings. The number of hydrogen-bond acceptors (Lipinski definition) is 2. The predicted molar refractivity (Wildman–Crippen MR) is 82.8 cm³/mol. The minimum Gasteiger partial charge on any atom is -0.383 e. The fraction of sp³-hybridized carbons (Fsp3) is 0.529. The summed E-state index contributed by atoms with van der Waals surface area (Å²) in [5.41, 5.74) is 2.72. The lowest BCUT2D eigenvalue weighted by molar-refractivity contribution is 0.0588. The van der Waals surface area contributed by atoms with Gasteiger partial charge in [-0.2, -0.15) is 0 Å². The zero-order valence-corrected chi connectivity index (χ0v) is 12.5. The summed E-state index contributed by atoms with van der Waals surface area (Å²) in [4.78, 5) is 2.58. The number of aromatic nitrogens is 1. The van der Waals surface area contributed by atoms with E-state index in [0.29, 0.717) is 6.04 Å². The van der Waals surface area contributed by atoms with Crippen molar-refractivity contribution in [3.63, 3.8) is 0 Å². The average Bonchev–Trinajstić information content (AvgIpc) is 2.79. The summed E-state index contributed by atoms with van der Waals surface area (Å²) in [6.07, 6.45) is 3.90. The van der Waals surface area contributed by atoms with Crippen LogP contribution in [-0.2, 0) is 18.3 Å². The molecule has 0 saturated carbocycles. The summed E-state index contributed by atoms with van der Waals surface area (Å²) in [7, 11) is 3.98. The first-order valence-electron chi connectivity index (χ1n) is 7.56. The van der Waals surface area contributed by atoms with Crippen molar-refractivity contribution in [2.24, 2.45) is 7.05 Å². The van der Waals surface area contributed by atoms with Gasteiger partial charge in [-0.1, -0.05) is 24.6 Å². The summed E-state index contributed by atoms with van der Waals surface area (Å²) >= 11 is 0. The number of nitrogens with zero attached hydrogens (tertiary/aromatic N) is 2. The highest BCUT2D eigenvalue weighted by Gasteiger charge is 2.23. The van der Waals surface area contributed by atoms with Crippen LogP contribution in [0.1, 0.15) is 25.0 Å². The van der Waals surface area contributed by atoms with Gasteiger partial charge in [-0.15, -0.1) is 0 Å². The Morgan fingerprint density at radius 3 is 2.90 bits per heavy atom. The second kappa shape index (κ2) is 5.98. The van der Waals surface area contributed by atoms with Crippen molar-refractivity contribution < 1.29 is 4.74 Å². The minimum atomic E-state index is 0.576. The van der Waals surface area contributed by atoms with Crippen LogP contribution in [0.5, 0.6) is 0 Å². The van der Waals surface area contributed by atoms with E-state index in [1.54, 1.807) is 0 Å². The van der Waals surface area contributed by atoms with Crippen LogP contribution in [0.4, 0.5) is 0 Å². The van der Waals surface area contributed by atoms with Gasteiger partial charge in [0.15, 0.2) is 0 Å². The molecule has 0 aliphatic carbocycles. The molecular weight excluding hydrogens is 248 g/mol. The number of aryl methyl sites for hydroxylation is 1. The summed E-state index contributed by atoms with van der Waals surface area (Å²) in [6, 6.07) is 11.5. The number of rotatable bonds is 4. The van der Waals surface area contributed by atoms with E-state index in [1.807, 2.05) is 7.11 Å². The first-order chi connectivity index (χ1) is 9.79. The topological polar surface area (TPSA) is 17.4 Å². The molecule has 0 bridgehead atoms. The molecule has 1 atom stereocenters. The Labute approximate surface area is 121 Å². The Kier molecular flexibility index (Phi) is 4.08. The molecule has 1 fully saturated rings. The molecule has 108 valence electrons. The fourth-order valence-electron chi connectivity index (χ4n) is 3.36. The Hall–Kier alpha value is -1.32. The van der Waals surface area contributed by atoms with Crippen LogP contribution < -0.4 is 0 Å². The number of fused-ring (bicyclic) bond motifs is 1. The van der Waals surface area contributed by atoms with Gasteiger partial charge in [0, 0.05) is 38.0 Å². The number of ether oxygens (including phenoxy) is 1. The average molecular weight is 272 g/mol. The Morgan fingerprint density at radius 2 is 2.10 bits per heavy atom. The maximum atomic E-state index is 5.39. The van der Waals surface area contributed by atoms with E-state index < -0.39 is 0 Å². The zero-order chi connectivity index (χ0) is 13.9. The van der Waals surface area contributed by atoms with Crippen molar-refractivity contribution in [2.75, 3.05) is 20.3 Å². The number of piperidine rings is 1. The molecule has 0 unspecified atom stereocenters. The largest absolute Gasteiger partial charge is 0.383 e. The minimum absolute atomic E-state index is 0.576. The van der Waals surface area contributed by atoms with Crippen LogP contribution in [0.25, 0.3) is 10.9 Å². The van der Waals surface area contributed by atoms with Gasteiger partial charge < -0.3 is 9.30 Å². The molecule has 0 N–H and O–H groups in total. The molecule has 3 heteroatoms. The summed E-state index contributed by atoms with van der Waals surface area (Å²) in [5.74, 6) is 0. The molecule has 0 amide bonds. The molecule has 2 aromatic rings. The van der Waals surface area contributed by atoms with Gasteiger partial charge in [-0.3, -0.25) is 4.90 Å². The molecule has 1 aromatic carbocycles. The smallest absolute Gasteiger partial charge is 0.0618 e. The lowest BCUT2D eigenvalue weighted by Crippen LogP contribution is -2.41. The van der Waals surface area contributed by atoms with Crippen molar-refractivity contribution in [2.45, 2.75) is 31.8 Å². The fourth-order valence-corrected chi connectivity index (χ4v) is 3.36. The third-order valence-electron chi connectivity index (χ3n) is 4.52. The number of para-hydroxylation sites is 1. The molecule has 20 heavy (non-hydrogen) atoms. The first-order valence-corrected chi connectivity index (χ1v) is 7.56. The molecule has 0 radical (unpaired) electrons. The van der Waals surface area contributed by atoms with Gasteiger partial charge in [-0.05, 0) is 36.9 Å². The standard InChI is InChI=1S/C17H24N2O/c1-18-16(11-14-7-3-4-9-17(14)18)12-19-10-6-5-8-15(19)13-20-2/h3-4,7,9,11,15H,5-6,8,10,12-13H2,1-2H3/t15-/m1/s1. The van der Waals surface area contributed by atoms with E-state index >= 15 is 0 Å². The van der Waals surface area contributed by atoms with Crippen LogP contribution in [0.2, 0.25) is 0 Å². The highest BCUT2D eigenvalue weighted by Crippen LogP contribution is 2.23. The third-order valence-corrected chi connectivity index (χ3v) is 4.52. The summed E-state index contributed by atoms with van der Waals surface area (Å²) in [6.45, 7) is 3.07. The SMILES string of the molecule is COC[C@H]1CCCCN1Cc1cc2ccccc2n1C. The maximum Gasteiger partial charge on any atom is 0.0618 e. The van der Waals surface area contributed by atoms with Gasteiger partial charge >= 0.3 is 0 Å². The van der Waals surface area contributed by atoms with Crippen LogP contribution >= 0.6 is 0 Å². The van der Waals surface area contributed by atoms with Crippen LogP contribution in [0.3, 0.4) is 0 Å². The number of benzene rings is 1. The van der Waals surface area contributed by atoms with Crippen molar-refractivity contribution in [1.82, 2.24) is 9.47 Å². The van der Waals surface area contributed by atoms with Crippen LogP contribution in [0, 0.1) is 0 Å². The molecule has 1 aromatic heterocycles. The Balaban J connectivity index is 1.82. The normalized spacial score (nSPS) is 20.6. The Bertz CT molecular complexity index is 573. The molecule has 2 heterocycles. The lowest BCUT2D eigenvalue weighted by Gasteiger charge is -2.35. The molecule has 0 spiro atoms. The highest BCUT2D eigenvalue weighted by molar-refractivity contribution is 5.81. The van der Waals surface area contributed by atoms with E-state index in [-0.39, 0.29) is 0 Å². The molecule has 3 rings (SSSR count). The van der Waals surface area contributed by atoms with Gasteiger partial charge in [0.2, 0.25) is 0 Å². The van der Waals surface area contributed by atoms with E-state index in [4.69, 9.17) is 4.74 Å². The van der Waals surface area contributed by atoms with Crippen molar-refractivity contribution >= 4 is 10.9 Å². The van der Waals surface area contributed by atoms with Gasteiger partial charge in [0.25, 0.3) is 0 Å². The van der Waals surface area contributed by atoms with E-state index in [0.717, 1.165) is 13.2 Å². The molecule has 1 aliphatic heterocycles. The lowest BCUT2D eigenvalue weighted by atomic mass is 10.0. The number of methoxy groups -OCH3 is 1. The van der Waals surface area contributed by atoms with E-state index in [2.05, 4.69) is 46.8 Å². The third kappa shape index (κ3) is 2.60. The van der Waals surface area contributed by atoms with Crippen LogP contribution in [0.15, 0.2) is 30.3 Å². The molecule has 1 saturated heterocycles. The maximum absolute atomic E-state index is 5.39. The first kappa shape index (κ1) is 13.7. The number of hydrogen-bond donors (Lipinski definition) is 0. The second-order valence-corrected chi connectivity index (χ2v) is 5.83.